The minimum Gasteiger partial charge on any atom is -0.298 e. The summed E-state index contributed by atoms with van der Waals surface area (Å²) in [4.78, 5) is 8.03. The van der Waals surface area contributed by atoms with Gasteiger partial charge in [-0.2, -0.15) is 0 Å². The summed E-state index contributed by atoms with van der Waals surface area (Å²) < 4.78 is 14.9. The highest BCUT2D eigenvalue weighted by Gasteiger charge is 2.08. The van der Waals surface area contributed by atoms with Crippen molar-refractivity contribution in [2.75, 3.05) is 0 Å². The first-order valence-electron chi connectivity index (χ1n) is 4.98. The molecule has 0 aliphatic carbocycles. The Labute approximate surface area is 102 Å². The highest BCUT2D eigenvalue weighted by atomic mass is 35.5. The smallest absolute Gasteiger partial charge is 0.156 e. The maximum Gasteiger partial charge on any atom is 0.156 e. The summed E-state index contributed by atoms with van der Waals surface area (Å²) in [6, 6.07) is 4.99. The molecule has 0 amide bonds. The second-order valence-corrected chi connectivity index (χ2v) is 3.99. The van der Waals surface area contributed by atoms with Crippen LogP contribution in [0.15, 0.2) is 43.0 Å². The lowest BCUT2D eigenvalue weighted by atomic mass is 10.2. The van der Waals surface area contributed by atoms with Gasteiger partial charge in [-0.1, -0.05) is 11.6 Å². The van der Waals surface area contributed by atoms with Crippen molar-refractivity contribution in [3.8, 4) is 11.3 Å². The fraction of sp³-hybridized carbons (Fsp3) is 0. The van der Waals surface area contributed by atoms with E-state index in [0.717, 1.165) is 5.69 Å². The maximum atomic E-state index is 13.1. The number of aromatic nitrogens is 3. The summed E-state index contributed by atoms with van der Waals surface area (Å²) in [5.41, 5.74) is 2.07. The van der Waals surface area contributed by atoms with Crippen molar-refractivity contribution in [2.45, 2.75) is 0 Å². The van der Waals surface area contributed by atoms with E-state index >= 15 is 0 Å². The zero-order valence-electron chi connectivity index (χ0n) is 8.64. The standard InChI is InChI=1S/C12H7ClFN3/c13-10-2-1-3-17-11(7-16-12(10)17)8-4-9(14)6-15-5-8/h1-7H. The average molecular weight is 248 g/mol. The van der Waals surface area contributed by atoms with E-state index in [1.54, 1.807) is 22.9 Å². The number of hydrogen-bond acceptors (Lipinski definition) is 2. The van der Waals surface area contributed by atoms with Gasteiger partial charge in [-0.15, -0.1) is 0 Å². The molecule has 3 heterocycles. The molecule has 0 spiro atoms. The molecule has 17 heavy (non-hydrogen) atoms. The molecule has 3 aromatic heterocycles. The van der Waals surface area contributed by atoms with Crippen LogP contribution in [0.25, 0.3) is 16.9 Å². The van der Waals surface area contributed by atoms with Crippen LogP contribution < -0.4 is 0 Å². The van der Waals surface area contributed by atoms with Crippen LogP contribution in [-0.2, 0) is 0 Å². The van der Waals surface area contributed by atoms with E-state index < -0.39 is 0 Å². The van der Waals surface area contributed by atoms with Gasteiger partial charge in [0.05, 0.1) is 23.1 Å². The number of rotatable bonds is 1. The molecule has 0 saturated carbocycles. The van der Waals surface area contributed by atoms with Crippen molar-refractivity contribution in [1.29, 1.82) is 0 Å². The number of fused-ring (bicyclic) bond motifs is 1. The Morgan fingerprint density at radius 2 is 2.12 bits per heavy atom. The van der Waals surface area contributed by atoms with Crippen LogP contribution in [-0.4, -0.2) is 14.4 Å². The number of nitrogens with zero attached hydrogens (tertiary/aromatic N) is 3. The summed E-state index contributed by atoms with van der Waals surface area (Å²) in [6.07, 6.45) is 6.24. The average Bonchev–Trinajstić information content (AvgIpc) is 2.74. The summed E-state index contributed by atoms with van der Waals surface area (Å²) in [7, 11) is 0. The predicted octanol–water partition coefficient (Wildman–Crippen LogP) is 3.19. The predicted molar refractivity (Wildman–Crippen MR) is 63.4 cm³/mol. The molecule has 0 atom stereocenters. The molecule has 3 rings (SSSR count). The molecule has 0 aromatic carbocycles. The molecular formula is C12H7ClFN3. The third-order valence-electron chi connectivity index (χ3n) is 2.49. The first kappa shape index (κ1) is 10.2. The third kappa shape index (κ3) is 1.66. The maximum absolute atomic E-state index is 13.1. The fourth-order valence-corrected chi connectivity index (χ4v) is 1.95. The van der Waals surface area contributed by atoms with Gasteiger partial charge in [-0.05, 0) is 18.2 Å². The van der Waals surface area contributed by atoms with Crippen molar-refractivity contribution >= 4 is 17.2 Å². The Bertz CT molecular complexity index is 693. The molecule has 0 aliphatic rings. The first-order chi connectivity index (χ1) is 8.25. The largest absolute Gasteiger partial charge is 0.298 e. The van der Waals surface area contributed by atoms with Crippen LogP contribution >= 0.6 is 11.6 Å². The van der Waals surface area contributed by atoms with Gasteiger partial charge in [0.15, 0.2) is 5.65 Å². The molecule has 0 aliphatic heterocycles. The minimum absolute atomic E-state index is 0.375. The molecule has 0 fully saturated rings. The van der Waals surface area contributed by atoms with Crippen LogP contribution in [0.5, 0.6) is 0 Å². The molecule has 84 valence electrons. The van der Waals surface area contributed by atoms with Gasteiger partial charge in [0.25, 0.3) is 0 Å². The molecule has 0 unspecified atom stereocenters. The zero-order chi connectivity index (χ0) is 11.8. The van der Waals surface area contributed by atoms with E-state index in [2.05, 4.69) is 9.97 Å². The molecule has 0 saturated heterocycles. The van der Waals surface area contributed by atoms with Crippen molar-refractivity contribution in [3.63, 3.8) is 0 Å². The van der Waals surface area contributed by atoms with Gasteiger partial charge in [-0.3, -0.25) is 9.38 Å². The first-order valence-corrected chi connectivity index (χ1v) is 5.36. The van der Waals surface area contributed by atoms with Crippen LogP contribution in [0.2, 0.25) is 5.02 Å². The summed E-state index contributed by atoms with van der Waals surface area (Å²) >= 11 is 6.02. The van der Waals surface area contributed by atoms with Gasteiger partial charge < -0.3 is 0 Å². The van der Waals surface area contributed by atoms with Crippen molar-refractivity contribution < 1.29 is 4.39 Å². The highest BCUT2D eigenvalue weighted by Crippen LogP contribution is 2.24. The monoisotopic (exact) mass is 247 g/mol. The van der Waals surface area contributed by atoms with Gasteiger partial charge in [0.2, 0.25) is 0 Å². The second kappa shape index (κ2) is 3.82. The van der Waals surface area contributed by atoms with E-state index in [9.17, 15) is 4.39 Å². The van der Waals surface area contributed by atoms with Crippen LogP contribution in [0, 0.1) is 5.82 Å². The number of halogens is 2. The Morgan fingerprint density at radius 1 is 1.24 bits per heavy atom. The minimum atomic E-state index is -0.375. The number of pyridine rings is 2. The molecule has 5 heteroatoms. The topological polar surface area (TPSA) is 30.2 Å². The Morgan fingerprint density at radius 3 is 2.94 bits per heavy atom. The summed E-state index contributed by atoms with van der Waals surface area (Å²) in [5.74, 6) is -0.375. The van der Waals surface area contributed by atoms with E-state index in [4.69, 9.17) is 11.6 Å². The van der Waals surface area contributed by atoms with Crippen molar-refractivity contribution in [2.24, 2.45) is 0 Å². The molecule has 0 N–H and O–H groups in total. The van der Waals surface area contributed by atoms with Gasteiger partial charge >= 0.3 is 0 Å². The van der Waals surface area contributed by atoms with E-state index in [-0.39, 0.29) is 5.82 Å². The molecular weight excluding hydrogens is 241 g/mol. The number of imidazole rings is 1. The van der Waals surface area contributed by atoms with E-state index in [1.165, 1.54) is 12.3 Å². The van der Waals surface area contributed by atoms with Gasteiger partial charge in [-0.25, -0.2) is 9.37 Å². The Hall–Kier alpha value is -1.94. The quantitative estimate of drug-likeness (QED) is 0.661. The van der Waals surface area contributed by atoms with Crippen LogP contribution in [0.4, 0.5) is 4.39 Å². The van der Waals surface area contributed by atoms with E-state index in [1.807, 2.05) is 12.3 Å². The van der Waals surface area contributed by atoms with Crippen molar-refractivity contribution in [3.05, 3.63) is 53.8 Å². The molecule has 3 nitrogen and oxygen atoms in total. The molecule has 0 bridgehead atoms. The summed E-state index contributed by atoms with van der Waals surface area (Å²) in [5, 5.41) is 0.558. The van der Waals surface area contributed by atoms with Gasteiger partial charge in [0, 0.05) is 18.0 Å². The lowest BCUT2D eigenvalue weighted by molar-refractivity contribution is 0.622. The van der Waals surface area contributed by atoms with Crippen molar-refractivity contribution in [1.82, 2.24) is 14.4 Å². The lowest BCUT2D eigenvalue weighted by Crippen LogP contribution is -1.89. The summed E-state index contributed by atoms with van der Waals surface area (Å²) in [6.45, 7) is 0. The zero-order valence-corrected chi connectivity index (χ0v) is 9.39. The normalized spacial score (nSPS) is 10.9. The lowest BCUT2D eigenvalue weighted by Gasteiger charge is -2.01. The molecule has 3 aromatic rings. The van der Waals surface area contributed by atoms with Crippen LogP contribution in [0.1, 0.15) is 0 Å². The Kier molecular flexibility index (Phi) is 2.30. The SMILES string of the molecule is Fc1cncc(-c2cnc3c(Cl)cccn23)c1. The highest BCUT2D eigenvalue weighted by molar-refractivity contribution is 6.33. The van der Waals surface area contributed by atoms with E-state index in [0.29, 0.717) is 16.2 Å². The second-order valence-electron chi connectivity index (χ2n) is 3.59. The van der Waals surface area contributed by atoms with Gasteiger partial charge in [0.1, 0.15) is 5.82 Å². The fourth-order valence-electron chi connectivity index (χ4n) is 1.74. The molecule has 0 radical (unpaired) electrons. The number of hydrogen-bond donors (Lipinski definition) is 0. The Balaban J connectivity index is 2.28. The third-order valence-corrected chi connectivity index (χ3v) is 2.78. The van der Waals surface area contributed by atoms with Crippen LogP contribution in [0.3, 0.4) is 0 Å².